The number of phenols is 1. The van der Waals surface area contributed by atoms with Gasteiger partial charge in [-0.2, -0.15) is 0 Å². The SMILES string of the molecule is O=C(c1cc(Cl)ccc1O)N1CCN(c2ccccc2F)CC1. The van der Waals surface area contributed by atoms with Crippen LogP contribution in [-0.4, -0.2) is 42.1 Å². The predicted octanol–water partition coefficient (Wildman–Crippen LogP) is 3.15. The molecule has 1 N–H and O–H groups in total. The van der Waals surface area contributed by atoms with Gasteiger partial charge in [-0.05, 0) is 30.3 Å². The zero-order chi connectivity index (χ0) is 16.4. The standard InChI is InChI=1S/C17H16ClFN2O2/c18-12-5-6-16(22)13(11-12)17(23)21-9-7-20(8-10-21)15-4-2-1-3-14(15)19/h1-6,11,22H,7-10H2. The van der Waals surface area contributed by atoms with Crippen LogP contribution in [0.25, 0.3) is 0 Å². The van der Waals surface area contributed by atoms with Crippen LogP contribution in [0.5, 0.6) is 5.75 Å². The summed E-state index contributed by atoms with van der Waals surface area (Å²) in [5, 5.41) is 10.2. The lowest BCUT2D eigenvalue weighted by Crippen LogP contribution is -2.49. The maximum Gasteiger partial charge on any atom is 0.257 e. The molecule has 0 radical (unpaired) electrons. The number of phenolic OH excluding ortho intramolecular Hbond substituents is 1. The van der Waals surface area contributed by atoms with Crippen molar-refractivity contribution in [3.05, 3.63) is 58.9 Å². The maximum absolute atomic E-state index is 13.8. The molecule has 0 atom stereocenters. The largest absolute Gasteiger partial charge is 0.507 e. The number of piperazine rings is 1. The summed E-state index contributed by atoms with van der Waals surface area (Å²) in [5.74, 6) is -0.617. The molecule has 4 nitrogen and oxygen atoms in total. The van der Waals surface area contributed by atoms with Crippen molar-refractivity contribution in [1.29, 1.82) is 0 Å². The number of para-hydroxylation sites is 1. The molecule has 1 amide bonds. The van der Waals surface area contributed by atoms with E-state index < -0.39 is 0 Å². The minimum Gasteiger partial charge on any atom is -0.507 e. The van der Waals surface area contributed by atoms with Gasteiger partial charge in [0.2, 0.25) is 0 Å². The van der Waals surface area contributed by atoms with Crippen molar-refractivity contribution in [2.75, 3.05) is 31.1 Å². The van der Waals surface area contributed by atoms with Crippen LogP contribution >= 0.6 is 11.6 Å². The number of halogens is 2. The molecule has 0 unspecified atom stereocenters. The van der Waals surface area contributed by atoms with Gasteiger partial charge in [-0.15, -0.1) is 0 Å². The summed E-state index contributed by atoms with van der Waals surface area (Å²) in [6.45, 7) is 1.99. The molecule has 3 rings (SSSR count). The van der Waals surface area contributed by atoms with Crippen LogP contribution in [0.2, 0.25) is 5.02 Å². The molecular weight excluding hydrogens is 319 g/mol. The Morgan fingerprint density at radius 1 is 1.09 bits per heavy atom. The molecule has 0 spiro atoms. The van der Waals surface area contributed by atoms with E-state index in [0.717, 1.165) is 0 Å². The van der Waals surface area contributed by atoms with E-state index in [1.165, 1.54) is 24.3 Å². The van der Waals surface area contributed by atoms with Crippen LogP contribution in [0.1, 0.15) is 10.4 Å². The van der Waals surface area contributed by atoms with Gasteiger partial charge in [-0.3, -0.25) is 4.79 Å². The van der Waals surface area contributed by atoms with Gasteiger partial charge in [0.25, 0.3) is 5.91 Å². The Bertz CT molecular complexity index is 730. The number of aromatic hydroxyl groups is 1. The zero-order valence-corrected chi connectivity index (χ0v) is 13.1. The molecule has 1 aliphatic rings. The summed E-state index contributed by atoms with van der Waals surface area (Å²) in [6.07, 6.45) is 0. The fourth-order valence-corrected chi connectivity index (χ4v) is 2.88. The third-order valence-electron chi connectivity index (χ3n) is 3.95. The van der Waals surface area contributed by atoms with E-state index in [4.69, 9.17) is 11.6 Å². The number of carbonyl (C=O) groups excluding carboxylic acids is 1. The summed E-state index contributed by atoms with van der Waals surface area (Å²) < 4.78 is 13.8. The molecule has 1 saturated heterocycles. The van der Waals surface area contributed by atoms with Crippen LogP contribution in [-0.2, 0) is 0 Å². The minimum absolute atomic E-state index is 0.0871. The summed E-state index contributed by atoms with van der Waals surface area (Å²) in [7, 11) is 0. The first-order valence-electron chi connectivity index (χ1n) is 7.33. The molecule has 23 heavy (non-hydrogen) atoms. The molecule has 2 aromatic rings. The van der Waals surface area contributed by atoms with Gasteiger partial charge < -0.3 is 14.9 Å². The van der Waals surface area contributed by atoms with Gasteiger partial charge in [0.05, 0.1) is 11.3 Å². The smallest absolute Gasteiger partial charge is 0.257 e. The molecule has 0 aromatic heterocycles. The Balaban J connectivity index is 1.70. The molecule has 1 heterocycles. The molecular formula is C17H16ClFN2O2. The van der Waals surface area contributed by atoms with E-state index in [1.54, 1.807) is 23.1 Å². The second-order valence-corrected chi connectivity index (χ2v) is 5.83. The van der Waals surface area contributed by atoms with E-state index >= 15 is 0 Å². The van der Waals surface area contributed by atoms with Crippen molar-refractivity contribution in [2.24, 2.45) is 0 Å². The summed E-state index contributed by atoms with van der Waals surface area (Å²) in [6, 6.07) is 11.0. The number of amides is 1. The number of benzene rings is 2. The lowest BCUT2D eigenvalue weighted by atomic mass is 10.1. The monoisotopic (exact) mass is 334 g/mol. The Hall–Kier alpha value is -2.27. The van der Waals surface area contributed by atoms with E-state index in [9.17, 15) is 14.3 Å². The number of anilines is 1. The molecule has 120 valence electrons. The minimum atomic E-state index is -0.266. The fraction of sp³-hybridized carbons (Fsp3) is 0.235. The fourth-order valence-electron chi connectivity index (χ4n) is 2.71. The van der Waals surface area contributed by atoms with E-state index in [0.29, 0.717) is 36.9 Å². The van der Waals surface area contributed by atoms with Gasteiger partial charge in [0.15, 0.2) is 0 Å². The number of hydrogen-bond donors (Lipinski definition) is 1. The Morgan fingerprint density at radius 3 is 2.48 bits per heavy atom. The Labute approximate surface area is 138 Å². The number of rotatable bonds is 2. The molecule has 1 aliphatic heterocycles. The summed E-state index contributed by atoms with van der Waals surface area (Å²) in [4.78, 5) is 16.1. The highest BCUT2D eigenvalue weighted by atomic mass is 35.5. The van der Waals surface area contributed by atoms with E-state index in [2.05, 4.69) is 0 Å². The average molecular weight is 335 g/mol. The third-order valence-corrected chi connectivity index (χ3v) is 4.18. The Kier molecular flexibility index (Phi) is 4.39. The average Bonchev–Trinajstić information content (AvgIpc) is 2.57. The lowest BCUT2D eigenvalue weighted by Gasteiger charge is -2.36. The first-order valence-corrected chi connectivity index (χ1v) is 7.71. The van der Waals surface area contributed by atoms with Crippen LogP contribution in [0, 0.1) is 5.82 Å². The zero-order valence-electron chi connectivity index (χ0n) is 12.4. The lowest BCUT2D eigenvalue weighted by molar-refractivity contribution is 0.0743. The first kappa shape index (κ1) is 15.6. The van der Waals surface area contributed by atoms with Crippen molar-refractivity contribution in [1.82, 2.24) is 4.90 Å². The second kappa shape index (κ2) is 6.46. The highest BCUT2D eigenvalue weighted by molar-refractivity contribution is 6.31. The van der Waals surface area contributed by atoms with Crippen LogP contribution < -0.4 is 4.90 Å². The second-order valence-electron chi connectivity index (χ2n) is 5.39. The van der Waals surface area contributed by atoms with Crippen LogP contribution in [0.3, 0.4) is 0 Å². The van der Waals surface area contributed by atoms with Crippen LogP contribution in [0.15, 0.2) is 42.5 Å². The summed E-state index contributed by atoms with van der Waals surface area (Å²) >= 11 is 5.89. The first-order chi connectivity index (χ1) is 11.1. The Morgan fingerprint density at radius 2 is 1.78 bits per heavy atom. The van der Waals surface area contributed by atoms with Crippen LogP contribution in [0.4, 0.5) is 10.1 Å². The number of hydrogen-bond acceptors (Lipinski definition) is 3. The molecule has 2 aromatic carbocycles. The normalized spacial score (nSPS) is 14.9. The molecule has 0 saturated carbocycles. The quantitative estimate of drug-likeness (QED) is 0.917. The van der Waals surface area contributed by atoms with Crippen molar-refractivity contribution < 1.29 is 14.3 Å². The van der Waals surface area contributed by atoms with Gasteiger partial charge in [0, 0.05) is 31.2 Å². The van der Waals surface area contributed by atoms with Crippen molar-refractivity contribution in [2.45, 2.75) is 0 Å². The number of nitrogens with zero attached hydrogens (tertiary/aromatic N) is 2. The van der Waals surface area contributed by atoms with E-state index in [-0.39, 0.29) is 23.0 Å². The predicted molar refractivity (Wildman–Crippen MR) is 87.6 cm³/mol. The summed E-state index contributed by atoms with van der Waals surface area (Å²) in [5.41, 5.74) is 0.738. The highest BCUT2D eigenvalue weighted by Crippen LogP contribution is 2.25. The van der Waals surface area contributed by atoms with E-state index in [1.807, 2.05) is 4.90 Å². The van der Waals surface area contributed by atoms with Gasteiger partial charge in [-0.25, -0.2) is 4.39 Å². The van der Waals surface area contributed by atoms with Crippen molar-refractivity contribution in [3.8, 4) is 5.75 Å². The van der Waals surface area contributed by atoms with Crippen molar-refractivity contribution in [3.63, 3.8) is 0 Å². The molecule has 0 bridgehead atoms. The highest BCUT2D eigenvalue weighted by Gasteiger charge is 2.25. The van der Waals surface area contributed by atoms with Gasteiger partial charge in [-0.1, -0.05) is 23.7 Å². The number of carbonyl (C=O) groups is 1. The van der Waals surface area contributed by atoms with Gasteiger partial charge >= 0.3 is 0 Å². The maximum atomic E-state index is 13.8. The molecule has 6 heteroatoms. The third kappa shape index (κ3) is 3.24. The topological polar surface area (TPSA) is 43.8 Å². The van der Waals surface area contributed by atoms with Crippen molar-refractivity contribution >= 4 is 23.2 Å². The molecule has 0 aliphatic carbocycles. The van der Waals surface area contributed by atoms with Gasteiger partial charge in [0.1, 0.15) is 11.6 Å². The molecule has 1 fully saturated rings.